The number of aliphatic carboxylic acids is 1. The van der Waals surface area contributed by atoms with E-state index in [0.717, 1.165) is 30.9 Å². The molecule has 117 heavy (non-hydrogen) atoms. The van der Waals surface area contributed by atoms with Crippen molar-refractivity contribution in [2.75, 3.05) is 118 Å². The van der Waals surface area contributed by atoms with Crippen molar-refractivity contribution in [2.45, 2.75) is 231 Å². The van der Waals surface area contributed by atoms with Gasteiger partial charge < -0.3 is 133 Å². The van der Waals surface area contributed by atoms with Crippen LogP contribution in [0.1, 0.15) is 122 Å². The van der Waals surface area contributed by atoms with E-state index in [4.69, 9.17) is 10.8 Å². The van der Waals surface area contributed by atoms with Crippen LogP contribution >= 0.6 is 0 Å². The van der Waals surface area contributed by atoms with Gasteiger partial charge in [0.1, 0.15) is 73.0 Å². The van der Waals surface area contributed by atoms with Gasteiger partial charge in [0.05, 0.1) is 75.4 Å². The summed E-state index contributed by atoms with van der Waals surface area (Å²) in [6.07, 6.45) is -3.96. The van der Waals surface area contributed by atoms with Crippen LogP contribution in [0.2, 0.25) is 0 Å². The second-order valence-corrected chi connectivity index (χ2v) is 32.1. The third kappa shape index (κ3) is 20.6. The van der Waals surface area contributed by atoms with E-state index in [0.29, 0.717) is 51.5 Å². The number of carboxylic acid groups (broad SMARTS) is 1. The Morgan fingerprint density at radius 2 is 0.615 bits per heavy atom. The number of amides is 17. The maximum Gasteiger partial charge on any atom is 0.322 e. The molecule has 11 rings (SSSR count). The van der Waals surface area contributed by atoms with Crippen molar-refractivity contribution >= 4 is 106 Å². The lowest BCUT2D eigenvalue weighted by atomic mass is 10.1. The van der Waals surface area contributed by atoms with Crippen molar-refractivity contribution in [3.05, 3.63) is 0 Å². The van der Waals surface area contributed by atoms with Gasteiger partial charge in [-0.3, -0.25) is 86.3 Å². The Kier molecular flexibility index (Phi) is 29.4. The molecule has 0 spiro atoms. The van der Waals surface area contributed by atoms with Gasteiger partial charge >= 0.3 is 5.97 Å². The molecule has 11 aliphatic heterocycles. The van der Waals surface area contributed by atoms with Crippen LogP contribution in [0.5, 0.6) is 0 Å². The Morgan fingerprint density at radius 1 is 0.333 bits per heavy atom. The molecule has 18 atom stereocenters. The third-order valence-corrected chi connectivity index (χ3v) is 24.1. The third-order valence-electron chi connectivity index (χ3n) is 24.1. The summed E-state index contributed by atoms with van der Waals surface area (Å²) in [5.74, 6) is -13.6. The van der Waals surface area contributed by atoms with Crippen molar-refractivity contribution in [1.29, 1.82) is 0 Å². The lowest BCUT2D eigenvalue weighted by Gasteiger charge is -2.32. The summed E-state index contributed by atoms with van der Waals surface area (Å²) >= 11 is 0. The van der Waals surface area contributed by atoms with Crippen molar-refractivity contribution in [3.63, 3.8) is 0 Å². The summed E-state index contributed by atoms with van der Waals surface area (Å²) in [4.78, 5) is 258. The van der Waals surface area contributed by atoms with Crippen LogP contribution in [0, 0.1) is 0 Å². The summed E-state index contributed by atoms with van der Waals surface area (Å²) in [6.45, 7) is -4.42. The van der Waals surface area contributed by atoms with E-state index >= 15 is 0 Å². The van der Waals surface area contributed by atoms with Crippen molar-refractivity contribution in [1.82, 2.24) is 91.5 Å². The number of hydrogen-bond acceptors (Lipinski definition) is 26. The molecule has 0 bridgehead atoms. The number of nitrogens with two attached hydrogens (primary N) is 1. The molecule has 0 aromatic carbocycles. The second-order valence-electron chi connectivity index (χ2n) is 32.1. The molecular formula is C73H109N19O25. The number of rotatable bonds is 29. The minimum Gasteiger partial charge on any atom is -0.480 e. The highest BCUT2D eigenvalue weighted by Crippen LogP contribution is 2.32. The highest BCUT2D eigenvalue weighted by atomic mass is 16.4. The first-order valence-electron chi connectivity index (χ1n) is 40.5. The molecule has 0 aromatic rings. The number of β-amino-alcohol motifs (C(OH)–C–C–N with tert-alkyl or cyclic N) is 6. The summed E-state index contributed by atoms with van der Waals surface area (Å²) in [5, 5.41) is 93.5. The number of nitrogens with one attached hydrogen (secondary N) is 8. The quantitative estimate of drug-likeness (QED) is 0.0309. The van der Waals surface area contributed by atoms with Gasteiger partial charge in [-0.25, -0.2) is 0 Å². The van der Waals surface area contributed by atoms with E-state index in [-0.39, 0.29) is 149 Å². The highest BCUT2D eigenvalue weighted by molar-refractivity contribution is 6.01. The van der Waals surface area contributed by atoms with Crippen LogP contribution in [-0.2, 0) is 86.3 Å². The number of carbonyl (C=O) groups excluding carboxylic acids is 17. The number of carboxylic acids is 1. The summed E-state index contributed by atoms with van der Waals surface area (Å²) in [5.41, 5.74) is 5.75. The molecule has 17 amide bonds. The fraction of sp³-hybridized carbons (Fsp3) is 0.753. The van der Waals surface area contributed by atoms with E-state index < -0.39 is 249 Å². The minimum absolute atomic E-state index is 0.0165. The number of hydrogen-bond donors (Lipinski definition) is 16. The van der Waals surface area contributed by atoms with Gasteiger partial charge in [0.15, 0.2) is 0 Å². The topological polar surface area (TPSA) is 604 Å². The zero-order chi connectivity index (χ0) is 84.4. The normalized spacial score (nSPS) is 29.8. The monoisotopic (exact) mass is 1650 g/mol. The number of unbranched alkanes of at least 4 members (excludes halogenated alkanes) is 1. The molecule has 17 N–H and O–H groups in total. The standard InChI is InChI=1S/C73H109N19O25/c74-14-2-1-8-45(69(113)88-33-39(94)21-51(88)64(108)78-28-58(101)86-19-7-13-49(86)73(117)92-37-43(98)25-55(92)67(111)81-31-61(104)105)82-56(99)26-76-62(106)52-22-40(95)34-89(52)70(114)46-10-4-16-83(46)59(102)29-79-65(109)54-24-42(97)36-91(54)72(116)48-12-6-18-85(48)60(103)30-80-66(110)53-23-41(96)35-90(53)71(115)47-11-5-17-84(47)57(100)27-77-63(107)50-20-38(93)32-87(50)68(112)44-9-3-15-75-44/h38-55,75,93-98H,1-37,74H2,(H,76,106)(H,77,107)(H,78,108)(H,79,109)(H,80,110)(H,81,111)(H,82,99)(H,104,105)/t38-,39-,40-,41-,42-,43-,44+,45+,46+,47+,48+,49+,50+,51+,52+,53+,54+,55+/m1/s1. The molecular weight excluding hydrogens is 1540 g/mol. The van der Waals surface area contributed by atoms with Gasteiger partial charge in [-0.1, -0.05) is 0 Å². The van der Waals surface area contributed by atoms with Gasteiger partial charge in [0.2, 0.25) is 100 Å². The molecule has 44 nitrogen and oxygen atoms in total. The predicted molar refractivity (Wildman–Crippen MR) is 397 cm³/mol. The van der Waals surface area contributed by atoms with Crippen LogP contribution in [0.4, 0.5) is 0 Å². The highest BCUT2D eigenvalue weighted by Gasteiger charge is 2.52. The van der Waals surface area contributed by atoms with Gasteiger partial charge in [0.25, 0.3) is 0 Å². The lowest BCUT2D eigenvalue weighted by molar-refractivity contribution is -0.148. The molecule has 646 valence electrons. The van der Waals surface area contributed by atoms with Crippen molar-refractivity contribution in [3.8, 4) is 0 Å². The molecule has 11 saturated heterocycles. The maximum atomic E-state index is 14.4. The molecule has 11 heterocycles. The Bertz CT molecular complexity index is 3820. The first-order chi connectivity index (χ1) is 55.8. The number of carbonyl (C=O) groups is 18. The van der Waals surface area contributed by atoms with Gasteiger partial charge in [-0.05, 0) is 96.6 Å². The maximum absolute atomic E-state index is 14.4. The lowest BCUT2D eigenvalue weighted by Crippen LogP contribution is -2.57. The SMILES string of the molecule is NCCCC[C@H](NC(=O)CNC(=O)[C@@H]1C[C@@H](O)CN1C(=O)[C@@H]1CCCN1C(=O)CNC(=O)[C@@H]1C[C@@H](O)CN1C(=O)[C@@H]1CCCN1C(=O)CNC(=O)[C@@H]1C[C@@H](O)CN1C(=O)[C@@H]1CCCN1C(=O)CNC(=O)[C@@H]1C[C@@H](O)CN1C(=O)[C@@H]1CCCN1)C(=O)N1C[C@H](O)C[C@H]1C(=O)NCC(=O)N1CCC[C@H]1C(=O)N1C[C@H](O)C[C@H]1C(=O)NCC(=O)O. The van der Waals surface area contributed by atoms with E-state index in [1.807, 2.05) is 0 Å². The largest absolute Gasteiger partial charge is 0.480 e. The Labute approximate surface area is 672 Å². The smallest absolute Gasteiger partial charge is 0.322 e. The first kappa shape index (κ1) is 88.0. The van der Waals surface area contributed by atoms with Crippen LogP contribution in [0.3, 0.4) is 0 Å². The zero-order valence-electron chi connectivity index (χ0n) is 65.1. The Hall–Kier alpha value is -9.86. The molecule has 11 aliphatic rings. The number of aliphatic hydroxyl groups excluding tert-OH is 6. The molecule has 0 aromatic heterocycles. The van der Waals surface area contributed by atoms with Crippen LogP contribution < -0.4 is 48.3 Å². The Balaban J connectivity index is 0.624. The molecule has 0 aliphatic carbocycles. The van der Waals surface area contributed by atoms with E-state index in [1.165, 1.54) is 24.5 Å². The van der Waals surface area contributed by atoms with Gasteiger partial charge in [0, 0.05) is 104 Å². The zero-order valence-corrected chi connectivity index (χ0v) is 65.1. The fourth-order valence-electron chi connectivity index (χ4n) is 18.3. The number of aliphatic hydroxyl groups is 6. The summed E-state index contributed by atoms with van der Waals surface area (Å²) in [7, 11) is 0. The number of likely N-dealkylation sites (tertiary alicyclic amines) is 10. The second kappa shape index (κ2) is 39.1. The van der Waals surface area contributed by atoms with E-state index in [2.05, 4.69) is 42.5 Å². The molecule has 0 radical (unpaired) electrons. The molecule has 44 heteroatoms. The van der Waals surface area contributed by atoms with Crippen LogP contribution in [0.15, 0.2) is 0 Å². The molecule has 0 saturated carbocycles. The van der Waals surface area contributed by atoms with Crippen molar-refractivity contribution in [2.24, 2.45) is 5.73 Å². The van der Waals surface area contributed by atoms with Crippen LogP contribution in [0.25, 0.3) is 0 Å². The average molecular weight is 1650 g/mol. The minimum atomic E-state index is -1.36. The molecule has 0 unspecified atom stereocenters. The Morgan fingerprint density at radius 3 is 0.906 bits per heavy atom. The number of nitrogens with zero attached hydrogens (tertiary/aromatic N) is 10. The van der Waals surface area contributed by atoms with E-state index in [9.17, 15) is 117 Å². The summed E-state index contributed by atoms with van der Waals surface area (Å²) < 4.78 is 0. The first-order valence-corrected chi connectivity index (χ1v) is 40.5. The van der Waals surface area contributed by atoms with Gasteiger partial charge in [-0.2, -0.15) is 0 Å². The van der Waals surface area contributed by atoms with Crippen molar-refractivity contribution < 1.29 is 122 Å². The summed E-state index contributed by atoms with van der Waals surface area (Å²) in [6, 6.07) is -13.8. The average Bonchev–Trinajstić information content (AvgIpc) is 1.68. The molecule has 11 fully saturated rings. The predicted octanol–water partition coefficient (Wildman–Crippen LogP) is -12.1. The fourth-order valence-corrected chi connectivity index (χ4v) is 18.3. The van der Waals surface area contributed by atoms with Gasteiger partial charge in [-0.15, -0.1) is 0 Å². The van der Waals surface area contributed by atoms with Crippen LogP contribution in [-0.4, -0.2) is 418 Å². The van der Waals surface area contributed by atoms with E-state index in [1.54, 1.807) is 0 Å².